The van der Waals surface area contributed by atoms with Gasteiger partial charge in [-0.05, 0) is 35.9 Å². The van der Waals surface area contributed by atoms with E-state index in [0.29, 0.717) is 6.61 Å². The standard InChI is InChI=1S/C15H13BrFNO/c1-18-13-6-5-11(16)8-15(13)19-9-14(18)10-3-2-4-12(17)7-10/h2-8,14H,9H2,1H3. The van der Waals surface area contributed by atoms with E-state index in [4.69, 9.17) is 4.74 Å². The van der Waals surface area contributed by atoms with Crippen molar-refractivity contribution < 1.29 is 9.13 Å². The molecule has 1 unspecified atom stereocenters. The third-order valence-electron chi connectivity index (χ3n) is 3.40. The lowest BCUT2D eigenvalue weighted by molar-refractivity contribution is 0.268. The first-order valence-electron chi connectivity index (χ1n) is 6.06. The van der Waals surface area contributed by atoms with Gasteiger partial charge < -0.3 is 9.64 Å². The lowest BCUT2D eigenvalue weighted by Gasteiger charge is -2.36. The zero-order valence-corrected chi connectivity index (χ0v) is 12.0. The topological polar surface area (TPSA) is 12.5 Å². The maximum absolute atomic E-state index is 13.3. The second-order valence-electron chi connectivity index (χ2n) is 4.60. The third-order valence-corrected chi connectivity index (χ3v) is 3.89. The number of benzene rings is 2. The minimum absolute atomic E-state index is 0.0318. The number of ether oxygens (including phenoxy) is 1. The minimum Gasteiger partial charge on any atom is -0.489 e. The molecule has 0 aliphatic carbocycles. The molecule has 0 fully saturated rings. The summed E-state index contributed by atoms with van der Waals surface area (Å²) in [6.07, 6.45) is 0. The molecular formula is C15H13BrFNO. The van der Waals surface area contributed by atoms with Crippen LogP contribution in [0.15, 0.2) is 46.9 Å². The van der Waals surface area contributed by atoms with Crippen LogP contribution in [-0.4, -0.2) is 13.7 Å². The monoisotopic (exact) mass is 321 g/mol. The molecular weight excluding hydrogens is 309 g/mol. The molecule has 0 saturated carbocycles. The van der Waals surface area contributed by atoms with Crippen molar-refractivity contribution in [2.75, 3.05) is 18.6 Å². The van der Waals surface area contributed by atoms with E-state index in [0.717, 1.165) is 21.5 Å². The molecule has 3 rings (SSSR count). The fraction of sp³-hybridized carbons (Fsp3) is 0.200. The molecule has 0 spiro atoms. The lowest BCUT2D eigenvalue weighted by Crippen LogP contribution is -2.33. The van der Waals surface area contributed by atoms with Crippen LogP contribution in [0.1, 0.15) is 11.6 Å². The van der Waals surface area contributed by atoms with E-state index in [1.54, 1.807) is 12.1 Å². The summed E-state index contributed by atoms with van der Waals surface area (Å²) in [6, 6.07) is 12.6. The Kier molecular flexibility index (Phi) is 3.19. The number of fused-ring (bicyclic) bond motifs is 1. The lowest BCUT2D eigenvalue weighted by atomic mass is 10.0. The molecule has 2 aromatic rings. The van der Waals surface area contributed by atoms with Crippen molar-refractivity contribution in [3.05, 3.63) is 58.3 Å². The van der Waals surface area contributed by atoms with Gasteiger partial charge in [0.2, 0.25) is 0 Å². The van der Waals surface area contributed by atoms with Crippen LogP contribution in [0.3, 0.4) is 0 Å². The van der Waals surface area contributed by atoms with Gasteiger partial charge in [0, 0.05) is 11.5 Å². The van der Waals surface area contributed by atoms with Crippen molar-refractivity contribution in [1.82, 2.24) is 0 Å². The number of likely N-dealkylation sites (N-methyl/N-ethyl adjacent to an activating group) is 1. The number of hydrogen-bond acceptors (Lipinski definition) is 2. The van der Waals surface area contributed by atoms with Crippen molar-refractivity contribution >= 4 is 21.6 Å². The van der Waals surface area contributed by atoms with Crippen molar-refractivity contribution in [1.29, 1.82) is 0 Å². The maximum Gasteiger partial charge on any atom is 0.143 e. The molecule has 4 heteroatoms. The number of hydrogen-bond donors (Lipinski definition) is 0. The molecule has 0 saturated heterocycles. The Hall–Kier alpha value is -1.55. The highest BCUT2D eigenvalue weighted by molar-refractivity contribution is 9.10. The summed E-state index contributed by atoms with van der Waals surface area (Å²) in [5.41, 5.74) is 1.94. The van der Waals surface area contributed by atoms with Crippen molar-refractivity contribution in [2.45, 2.75) is 6.04 Å². The quantitative estimate of drug-likeness (QED) is 0.782. The van der Waals surface area contributed by atoms with E-state index in [-0.39, 0.29) is 11.9 Å². The van der Waals surface area contributed by atoms with Crippen LogP contribution in [-0.2, 0) is 0 Å². The van der Waals surface area contributed by atoms with E-state index in [1.165, 1.54) is 6.07 Å². The second-order valence-corrected chi connectivity index (χ2v) is 5.52. The molecule has 2 nitrogen and oxygen atoms in total. The highest BCUT2D eigenvalue weighted by atomic mass is 79.9. The Bertz CT molecular complexity index is 617. The molecule has 0 radical (unpaired) electrons. The van der Waals surface area contributed by atoms with Crippen LogP contribution in [0.4, 0.5) is 10.1 Å². The Balaban J connectivity index is 1.97. The Morgan fingerprint density at radius 2 is 2.11 bits per heavy atom. The van der Waals surface area contributed by atoms with Crippen LogP contribution in [0.25, 0.3) is 0 Å². The molecule has 1 heterocycles. The average molecular weight is 322 g/mol. The van der Waals surface area contributed by atoms with Gasteiger partial charge in [-0.15, -0.1) is 0 Å². The first-order chi connectivity index (χ1) is 9.15. The molecule has 1 aliphatic heterocycles. The van der Waals surface area contributed by atoms with Crippen LogP contribution in [0.5, 0.6) is 5.75 Å². The van der Waals surface area contributed by atoms with Gasteiger partial charge in [0.25, 0.3) is 0 Å². The average Bonchev–Trinajstić information content (AvgIpc) is 2.39. The summed E-state index contributed by atoms with van der Waals surface area (Å²) < 4.78 is 20.1. The second kappa shape index (κ2) is 4.85. The highest BCUT2D eigenvalue weighted by Gasteiger charge is 2.26. The van der Waals surface area contributed by atoms with Crippen molar-refractivity contribution in [2.24, 2.45) is 0 Å². The Morgan fingerprint density at radius 3 is 2.89 bits per heavy atom. The van der Waals surface area contributed by atoms with Crippen LogP contribution in [0, 0.1) is 5.82 Å². The fourth-order valence-electron chi connectivity index (χ4n) is 2.38. The zero-order valence-electron chi connectivity index (χ0n) is 10.4. The summed E-state index contributed by atoms with van der Waals surface area (Å²) in [5, 5.41) is 0. The van der Waals surface area contributed by atoms with Crippen LogP contribution >= 0.6 is 15.9 Å². The van der Waals surface area contributed by atoms with E-state index in [1.807, 2.05) is 31.3 Å². The Morgan fingerprint density at radius 1 is 1.26 bits per heavy atom. The third kappa shape index (κ3) is 2.32. The number of rotatable bonds is 1. The van der Waals surface area contributed by atoms with Crippen LogP contribution < -0.4 is 9.64 Å². The summed E-state index contributed by atoms with van der Waals surface area (Å²) in [5.74, 6) is 0.636. The van der Waals surface area contributed by atoms with E-state index < -0.39 is 0 Å². The molecule has 2 aromatic carbocycles. The van der Waals surface area contributed by atoms with Gasteiger partial charge in [-0.2, -0.15) is 0 Å². The normalized spacial score (nSPS) is 17.8. The maximum atomic E-state index is 13.3. The van der Waals surface area contributed by atoms with Gasteiger partial charge in [0.05, 0.1) is 11.7 Å². The van der Waals surface area contributed by atoms with Gasteiger partial charge in [-0.3, -0.25) is 0 Å². The summed E-state index contributed by atoms with van der Waals surface area (Å²) >= 11 is 3.43. The van der Waals surface area contributed by atoms with Gasteiger partial charge >= 0.3 is 0 Å². The van der Waals surface area contributed by atoms with E-state index in [9.17, 15) is 4.39 Å². The van der Waals surface area contributed by atoms with Crippen LogP contribution in [0.2, 0.25) is 0 Å². The molecule has 0 N–H and O–H groups in total. The molecule has 1 aliphatic rings. The van der Waals surface area contributed by atoms with Gasteiger partial charge in [0.15, 0.2) is 0 Å². The summed E-state index contributed by atoms with van der Waals surface area (Å²) in [4.78, 5) is 2.13. The number of nitrogens with zero attached hydrogens (tertiary/aromatic N) is 1. The molecule has 0 bridgehead atoms. The SMILES string of the molecule is CN1c2ccc(Br)cc2OCC1c1cccc(F)c1. The first kappa shape index (κ1) is 12.5. The van der Waals surface area contributed by atoms with Gasteiger partial charge in [-0.25, -0.2) is 4.39 Å². The fourth-order valence-corrected chi connectivity index (χ4v) is 2.72. The first-order valence-corrected chi connectivity index (χ1v) is 6.85. The van der Waals surface area contributed by atoms with Crippen molar-refractivity contribution in [3.63, 3.8) is 0 Å². The molecule has 1 atom stereocenters. The molecule has 0 aromatic heterocycles. The van der Waals surface area contributed by atoms with Gasteiger partial charge in [0.1, 0.15) is 18.2 Å². The summed E-state index contributed by atoms with van der Waals surface area (Å²) in [6.45, 7) is 0.517. The predicted molar refractivity (Wildman–Crippen MR) is 77.2 cm³/mol. The van der Waals surface area contributed by atoms with Crippen molar-refractivity contribution in [3.8, 4) is 5.75 Å². The largest absolute Gasteiger partial charge is 0.489 e. The number of halogens is 2. The van der Waals surface area contributed by atoms with Gasteiger partial charge in [-0.1, -0.05) is 28.1 Å². The minimum atomic E-state index is -0.215. The number of anilines is 1. The van der Waals surface area contributed by atoms with E-state index in [2.05, 4.69) is 20.8 Å². The zero-order chi connectivity index (χ0) is 13.4. The Labute approximate surface area is 119 Å². The highest BCUT2D eigenvalue weighted by Crippen LogP contribution is 2.39. The molecule has 98 valence electrons. The predicted octanol–water partition coefficient (Wildman–Crippen LogP) is 4.16. The smallest absolute Gasteiger partial charge is 0.143 e. The summed E-state index contributed by atoms with van der Waals surface area (Å²) in [7, 11) is 2.00. The molecule has 19 heavy (non-hydrogen) atoms. The van der Waals surface area contributed by atoms with E-state index >= 15 is 0 Å². The molecule has 0 amide bonds.